The molecule has 1 aliphatic heterocycles. The van der Waals surface area contributed by atoms with Crippen LogP contribution < -0.4 is 5.32 Å². The molecule has 0 fully saturated rings. The molecule has 0 aromatic heterocycles. The van der Waals surface area contributed by atoms with Gasteiger partial charge in [-0.25, -0.2) is 0 Å². The Hall–Kier alpha value is -2.20. The van der Waals surface area contributed by atoms with Crippen LogP contribution in [0.5, 0.6) is 5.75 Å². The Morgan fingerprint density at radius 2 is 2.05 bits per heavy atom. The number of aromatic hydroxyl groups is 1. The van der Waals surface area contributed by atoms with E-state index in [-0.39, 0.29) is 11.7 Å². The predicted molar refractivity (Wildman–Crippen MR) is 87.3 cm³/mol. The zero-order valence-electron chi connectivity index (χ0n) is 12.2. The van der Waals surface area contributed by atoms with Gasteiger partial charge in [-0.3, -0.25) is 4.79 Å². The van der Waals surface area contributed by atoms with Crippen molar-refractivity contribution in [1.82, 2.24) is 4.90 Å². The van der Waals surface area contributed by atoms with E-state index in [9.17, 15) is 9.90 Å². The standard InChI is InChI=1S/C17H17ClN2O2/c1-2-9-20-16(13-10-11(18)7-8-15(13)21)19-14-6-4-3-5-12(14)17(20)22/h3-8,10,16,19,21H,2,9H2,1H3/t16-/m1/s1. The highest BCUT2D eigenvalue weighted by Gasteiger charge is 2.33. The van der Waals surface area contributed by atoms with Crippen LogP contribution in [0.15, 0.2) is 42.5 Å². The van der Waals surface area contributed by atoms with Crippen molar-refractivity contribution in [1.29, 1.82) is 0 Å². The molecule has 0 saturated heterocycles. The summed E-state index contributed by atoms with van der Waals surface area (Å²) in [5.41, 5.74) is 2.02. The summed E-state index contributed by atoms with van der Waals surface area (Å²) in [5, 5.41) is 14.0. The van der Waals surface area contributed by atoms with E-state index in [0.717, 1.165) is 12.1 Å². The van der Waals surface area contributed by atoms with E-state index in [1.165, 1.54) is 0 Å². The van der Waals surface area contributed by atoms with Gasteiger partial charge in [0.2, 0.25) is 0 Å². The maximum Gasteiger partial charge on any atom is 0.257 e. The van der Waals surface area contributed by atoms with E-state index >= 15 is 0 Å². The second-order valence-corrected chi connectivity index (χ2v) is 5.73. The summed E-state index contributed by atoms with van der Waals surface area (Å²) in [6.45, 7) is 2.61. The van der Waals surface area contributed by atoms with Crippen LogP contribution >= 0.6 is 11.6 Å². The van der Waals surface area contributed by atoms with Gasteiger partial charge < -0.3 is 15.3 Å². The topological polar surface area (TPSA) is 52.6 Å². The fourth-order valence-corrected chi connectivity index (χ4v) is 2.93. The summed E-state index contributed by atoms with van der Waals surface area (Å²) in [4.78, 5) is 14.5. The second-order valence-electron chi connectivity index (χ2n) is 5.29. The number of rotatable bonds is 3. The summed E-state index contributed by atoms with van der Waals surface area (Å²) < 4.78 is 0. The number of phenols is 1. The number of hydrogen-bond donors (Lipinski definition) is 2. The normalized spacial score (nSPS) is 17.1. The minimum absolute atomic E-state index is 0.0411. The van der Waals surface area contributed by atoms with E-state index in [4.69, 9.17) is 11.6 Å². The first-order chi connectivity index (χ1) is 10.6. The highest BCUT2D eigenvalue weighted by molar-refractivity contribution is 6.30. The van der Waals surface area contributed by atoms with Crippen molar-refractivity contribution >= 4 is 23.2 Å². The Labute approximate surface area is 134 Å². The molecule has 3 rings (SSSR count). The molecule has 0 unspecified atom stereocenters. The molecule has 1 amide bonds. The maximum atomic E-state index is 12.8. The number of fused-ring (bicyclic) bond motifs is 1. The number of para-hydroxylation sites is 1. The lowest BCUT2D eigenvalue weighted by molar-refractivity contribution is 0.0681. The molecule has 2 N–H and O–H groups in total. The van der Waals surface area contributed by atoms with Crippen LogP contribution in [0.2, 0.25) is 5.02 Å². The first-order valence-corrected chi connectivity index (χ1v) is 7.64. The fourth-order valence-electron chi connectivity index (χ4n) is 2.75. The van der Waals surface area contributed by atoms with Crippen molar-refractivity contribution in [3.8, 4) is 5.75 Å². The zero-order chi connectivity index (χ0) is 15.7. The molecule has 4 nitrogen and oxygen atoms in total. The van der Waals surface area contributed by atoms with Crippen molar-refractivity contribution < 1.29 is 9.90 Å². The molecule has 1 atom stereocenters. The van der Waals surface area contributed by atoms with Crippen LogP contribution in [0.4, 0.5) is 5.69 Å². The van der Waals surface area contributed by atoms with Crippen molar-refractivity contribution in [2.45, 2.75) is 19.5 Å². The van der Waals surface area contributed by atoms with Gasteiger partial charge in [-0.15, -0.1) is 0 Å². The van der Waals surface area contributed by atoms with Gasteiger partial charge in [-0.1, -0.05) is 30.7 Å². The number of nitrogens with one attached hydrogen (secondary N) is 1. The third-order valence-electron chi connectivity index (χ3n) is 3.77. The van der Waals surface area contributed by atoms with E-state index in [0.29, 0.717) is 22.7 Å². The molecule has 5 heteroatoms. The van der Waals surface area contributed by atoms with Gasteiger partial charge >= 0.3 is 0 Å². The molecule has 2 aromatic rings. The highest BCUT2D eigenvalue weighted by atomic mass is 35.5. The summed E-state index contributed by atoms with van der Waals surface area (Å²) in [6.07, 6.45) is 0.397. The van der Waals surface area contributed by atoms with E-state index in [1.54, 1.807) is 29.2 Å². The molecule has 114 valence electrons. The number of carbonyl (C=O) groups is 1. The Balaban J connectivity index is 2.09. The number of amides is 1. The minimum Gasteiger partial charge on any atom is -0.508 e. The molecule has 0 radical (unpaired) electrons. The molecular formula is C17H17ClN2O2. The summed E-state index contributed by atoms with van der Waals surface area (Å²) >= 11 is 6.06. The quantitative estimate of drug-likeness (QED) is 0.899. The summed E-state index contributed by atoms with van der Waals surface area (Å²) in [6, 6.07) is 12.3. The molecule has 0 spiro atoms. The van der Waals surface area contributed by atoms with E-state index in [2.05, 4.69) is 5.32 Å². The Bertz CT molecular complexity index is 718. The maximum absolute atomic E-state index is 12.8. The largest absolute Gasteiger partial charge is 0.508 e. The van der Waals surface area contributed by atoms with Gasteiger partial charge in [0.15, 0.2) is 0 Å². The number of benzene rings is 2. The van der Waals surface area contributed by atoms with E-state index in [1.807, 2.05) is 25.1 Å². The lowest BCUT2D eigenvalue weighted by atomic mass is 10.0. The van der Waals surface area contributed by atoms with Gasteiger partial charge in [-0.2, -0.15) is 0 Å². The fraction of sp³-hybridized carbons (Fsp3) is 0.235. The number of halogens is 1. The zero-order valence-corrected chi connectivity index (χ0v) is 13.0. The van der Waals surface area contributed by atoms with Crippen LogP contribution in [0.3, 0.4) is 0 Å². The smallest absolute Gasteiger partial charge is 0.257 e. The minimum atomic E-state index is -0.430. The SMILES string of the molecule is CCCN1C(=O)c2ccccc2N[C@H]1c1cc(Cl)ccc1O. The third-order valence-corrected chi connectivity index (χ3v) is 4.01. The van der Waals surface area contributed by atoms with Crippen molar-refractivity contribution in [3.05, 3.63) is 58.6 Å². The third kappa shape index (κ3) is 2.50. The van der Waals surface area contributed by atoms with Gasteiger partial charge in [0.1, 0.15) is 11.9 Å². The Morgan fingerprint density at radius 1 is 1.27 bits per heavy atom. The molecule has 22 heavy (non-hydrogen) atoms. The number of hydrogen-bond acceptors (Lipinski definition) is 3. The van der Waals surface area contributed by atoms with Crippen molar-refractivity contribution in [3.63, 3.8) is 0 Å². The van der Waals surface area contributed by atoms with Crippen LogP contribution in [0.1, 0.15) is 35.4 Å². The van der Waals surface area contributed by atoms with Gasteiger partial charge in [0, 0.05) is 22.8 Å². The summed E-state index contributed by atoms with van der Waals surface area (Å²) in [7, 11) is 0. The number of phenolic OH excluding ortho intramolecular Hbond substituents is 1. The average Bonchev–Trinajstić information content (AvgIpc) is 2.52. The van der Waals surface area contributed by atoms with Crippen LogP contribution in [0, 0.1) is 0 Å². The molecule has 0 bridgehead atoms. The summed E-state index contributed by atoms with van der Waals surface area (Å²) in [5.74, 6) is 0.0794. The van der Waals surface area contributed by atoms with Crippen molar-refractivity contribution in [2.75, 3.05) is 11.9 Å². The van der Waals surface area contributed by atoms with Gasteiger partial charge in [0.25, 0.3) is 5.91 Å². The number of nitrogens with zero attached hydrogens (tertiary/aromatic N) is 1. The van der Waals surface area contributed by atoms with Gasteiger partial charge in [0.05, 0.1) is 5.56 Å². The number of carbonyl (C=O) groups excluding carboxylic acids is 1. The molecule has 2 aromatic carbocycles. The molecule has 0 saturated carbocycles. The van der Waals surface area contributed by atoms with E-state index < -0.39 is 6.17 Å². The van der Waals surface area contributed by atoms with Crippen LogP contribution in [-0.2, 0) is 0 Å². The molecule has 1 aliphatic rings. The number of anilines is 1. The average molecular weight is 317 g/mol. The lowest BCUT2D eigenvalue weighted by Gasteiger charge is -2.38. The molecular weight excluding hydrogens is 300 g/mol. The Morgan fingerprint density at radius 3 is 2.82 bits per heavy atom. The first kappa shape index (κ1) is 14.7. The predicted octanol–water partition coefficient (Wildman–Crippen LogP) is 4.02. The molecule has 0 aliphatic carbocycles. The van der Waals surface area contributed by atoms with Crippen LogP contribution in [-0.4, -0.2) is 22.5 Å². The highest BCUT2D eigenvalue weighted by Crippen LogP contribution is 2.37. The lowest BCUT2D eigenvalue weighted by Crippen LogP contribution is -2.43. The Kier molecular flexibility index (Phi) is 3.94. The van der Waals surface area contributed by atoms with Gasteiger partial charge in [-0.05, 0) is 36.8 Å². The second kappa shape index (κ2) is 5.89. The van der Waals surface area contributed by atoms with Crippen LogP contribution in [0.25, 0.3) is 0 Å². The van der Waals surface area contributed by atoms with Crippen molar-refractivity contribution in [2.24, 2.45) is 0 Å². The molecule has 1 heterocycles. The monoisotopic (exact) mass is 316 g/mol. The first-order valence-electron chi connectivity index (χ1n) is 7.26.